The van der Waals surface area contributed by atoms with E-state index in [4.69, 9.17) is 10.8 Å². The molecule has 0 heterocycles. The van der Waals surface area contributed by atoms with Crippen LogP contribution < -0.4 is 0 Å². The topological polar surface area (TPSA) is 183 Å². The van der Waals surface area contributed by atoms with Crippen molar-refractivity contribution in [2.75, 3.05) is 0 Å². The van der Waals surface area contributed by atoms with E-state index in [0.717, 1.165) is 0 Å². The molecule has 0 amide bonds. The van der Waals surface area contributed by atoms with Crippen LogP contribution in [0.4, 0.5) is 22.7 Å². The van der Waals surface area contributed by atoms with Crippen molar-refractivity contribution in [2.24, 2.45) is 20.5 Å². The molecule has 12 nitrogen and oxygen atoms in total. The number of hydrogen-bond acceptors (Lipinski definition) is 10. The SMILES string of the molecule is CC1=C[C@H](N=Nc2ccccc2[N+](=O)[O-])C(=N)[C@@H](N=Nc2ccccc2[N+](=O)[O-])C1=N. The first-order valence-corrected chi connectivity index (χ1v) is 8.93. The largest absolute Gasteiger partial charge is 0.304 e. The molecule has 2 aromatic rings. The van der Waals surface area contributed by atoms with Crippen molar-refractivity contribution in [3.05, 3.63) is 80.4 Å². The van der Waals surface area contributed by atoms with E-state index < -0.39 is 21.9 Å². The Labute approximate surface area is 175 Å². The number of hydrogen-bond donors (Lipinski definition) is 2. The molecule has 31 heavy (non-hydrogen) atoms. The Morgan fingerprint density at radius 3 is 1.84 bits per heavy atom. The summed E-state index contributed by atoms with van der Waals surface area (Å²) >= 11 is 0. The first-order chi connectivity index (χ1) is 14.8. The maximum Gasteiger partial charge on any atom is 0.296 e. The van der Waals surface area contributed by atoms with E-state index in [1.54, 1.807) is 19.1 Å². The Kier molecular flexibility index (Phi) is 6.10. The summed E-state index contributed by atoms with van der Waals surface area (Å²) in [6, 6.07) is 9.52. The van der Waals surface area contributed by atoms with Crippen molar-refractivity contribution in [3.63, 3.8) is 0 Å². The summed E-state index contributed by atoms with van der Waals surface area (Å²) in [6.45, 7) is 1.63. The predicted octanol–water partition coefficient (Wildman–Crippen LogP) is 5.11. The third-order valence-corrected chi connectivity index (χ3v) is 4.45. The van der Waals surface area contributed by atoms with Gasteiger partial charge in [-0.05, 0) is 30.7 Å². The lowest BCUT2D eigenvalue weighted by atomic mass is 9.89. The third kappa shape index (κ3) is 4.58. The average molecular weight is 420 g/mol. The Balaban J connectivity index is 1.90. The van der Waals surface area contributed by atoms with Gasteiger partial charge in [-0.1, -0.05) is 24.3 Å². The second kappa shape index (κ2) is 8.90. The van der Waals surface area contributed by atoms with E-state index in [0.29, 0.717) is 5.57 Å². The fourth-order valence-corrected chi connectivity index (χ4v) is 2.82. The minimum absolute atomic E-state index is 0.00149. The van der Waals surface area contributed by atoms with Gasteiger partial charge >= 0.3 is 0 Å². The molecule has 3 rings (SSSR count). The summed E-state index contributed by atoms with van der Waals surface area (Å²) < 4.78 is 0. The summed E-state index contributed by atoms with van der Waals surface area (Å²) in [4.78, 5) is 21.1. The minimum atomic E-state index is -1.11. The predicted molar refractivity (Wildman–Crippen MR) is 112 cm³/mol. The lowest BCUT2D eigenvalue weighted by Gasteiger charge is -2.23. The molecular weight excluding hydrogens is 404 g/mol. The van der Waals surface area contributed by atoms with Gasteiger partial charge in [-0.25, -0.2) is 0 Å². The van der Waals surface area contributed by atoms with Crippen LogP contribution in [0.2, 0.25) is 0 Å². The van der Waals surface area contributed by atoms with Gasteiger partial charge in [-0.3, -0.25) is 20.2 Å². The molecule has 0 fully saturated rings. The fraction of sp³-hybridized carbons (Fsp3) is 0.158. The summed E-state index contributed by atoms with van der Waals surface area (Å²) in [6.07, 6.45) is 1.53. The smallest absolute Gasteiger partial charge is 0.296 e. The quantitative estimate of drug-likeness (QED) is 0.374. The van der Waals surface area contributed by atoms with E-state index in [2.05, 4.69) is 20.5 Å². The number of para-hydroxylation sites is 2. The van der Waals surface area contributed by atoms with E-state index >= 15 is 0 Å². The minimum Gasteiger partial charge on any atom is -0.304 e. The van der Waals surface area contributed by atoms with Crippen LogP contribution in [0, 0.1) is 31.0 Å². The number of rotatable bonds is 6. The molecule has 0 aromatic heterocycles. The molecule has 0 unspecified atom stereocenters. The molecule has 0 saturated heterocycles. The highest BCUT2D eigenvalue weighted by Crippen LogP contribution is 2.30. The van der Waals surface area contributed by atoms with Gasteiger partial charge < -0.3 is 10.8 Å². The van der Waals surface area contributed by atoms with Crippen LogP contribution in [0.15, 0.2) is 80.6 Å². The van der Waals surface area contributed by atoms with Crippen molar-refractivity contribution in [3.8, 4) is 0 Å². The number of nitro benzene ring substituents is 2. The van der Waals surface area contributed by atoms with Crippen molar-refractivity contribution < 1.29 is 9.85 Å². The van der Waals surface area contributed by atoms with Crippen molar-refractivity contribution in [1.82, 2.24) is 0 Å². The molecular formula is C19H16N8O4. The van der Waals surface area contributed by atoms with Crippen LogP contribution in [0.5, 0.6) is 0 Å². The molecule has 2 N–H and O–H groups in total. The highest BCUT2D eigenvalue weighted by molar-refractivity contribution is 6.20. The van der Waals surface area contributed by atoms with Gasteiger partial charge in [-0.15, -0.1) is 10.2 Å². The standard InChI is InChI=1S/C19H16N8O4/c1-11-10-14(24-22-12-6-2-4-8-15(12)26(28)29)18(21)19(17(11)20)25-23-13-7-3-5-9-16(13)27(30)31/h2-10,14,19-21H,1H3/t14-,19-/m0/s1. The zero-order chi connectivity index (χ0) is 22.5. The zero-order valence-corrected chi connectivity index (χ0v) is 16.2. The molecule has 1 aliphatic rings. The molecule has 0 aliphatic heterocycles. The van der Waals surface area contributed by atoms with Gasteiger partial charge in [0.05, 0.1) is 21.3 Å². The molecule has 0 saturated carbocycles. The molecule has 0 radical (unpaired) electrons. The Hall–Kier alpha value is -4.48. The van der Waals surface area contributed by atoms with Crippen LogP contribution in [-0.2, 0) is 0 Å². The van der Waals surface area contributed by atoms with E-state index in [-0.39, 0.29) is 34.2 Å². The molecule has 156 valence electrons. The maximum absolute atomic E-state index is 11.1. The molecule has 0 spiro atoms. The molecule has 2 atom stereocenters. The number of nitrogens with one attached hydrogen (secondary N) is 2. The maximum atomic E-state index is 11.1. The zero-order valence-electron chi connectivity index (χ0n) is 16.2. The number of benzene rings is 2. The second-order valence-corrected chi connectivity index (χ2v) is 6.49. The monoisotopic (exact) mass is 420 g/mol. The Morgan fingerprint density at radius 2 is 1.32 bits per heavy atom. The summed E-state index contributed by atoms with van der Waals surface area (Å²) in [5.74, 6) is 0. The van der Waals surface area contributed by atoms with Crippen molar-refractivity contribution >= 4 is 34.2 Å². The van der Waals surface area contributed by atoms with Crippen LogP contribution in [0.25, 0.3) is 0 Å². The summed E-state index contributed by atoms with van der Waals surface area (Å²) in [5.41, 5.74) is -0.0862. The van der Waals surface area contributed by atoms with Gasteiger partial charge in [0.15, 0.2) is 17.4 Å². The molecule has 1 aliphatic carbocycles. The van der Waals surface area contributed by atoms with Gasteiger partial charge in [-0.2, -0.15) is 10.2 Å². The lowest BCUT2D eigenvalue weighted by Crippen LogP contribution is -2.38. The average Bonchev–Trinajstić information content (AvgIpc) is 2.75. The normalized spacial score (nSPS) is 19.1. The fourth-order valence-electron chi connectivity index (χ4n) is 2.82. The second-order valence-electron chi connectivity index (χ2n) is 6.49. The van der Waals surface area contributed by atoms with Crippen molar-refractivity contribution in [1.29, 1.82) is 10.8 Å². The van der Waals surface area contributed by atoms with E-state index in [9.17, 15) is 20.2 Å². The van der Waals surface area contributed by atoms with E-state index in [1.807, 2.05) is 0 Å². The first kappa shape index (κ1) is 21.2. The Bertz CT molecular complexity index is 1170. The van der Waals surface area contributed by atoms with Gasteiger partial charge in [0, 0.05) is 12.1 Å². The van der Waals surface area contributed by atoms with Crippen LogP contribution in [-0.4, -0.2) is 33.4 Å². The molecule has 0 bridgehead atoms. The molecule has 2 aromatic carbocycles. The van der Waals surface area contributed by atoms with Crippen LogP contribution in [0.1, 0.15) is 6.92 Å². The first-order valence-electron chi connectivity index (χ1n) is 8.93. The van der Waals surface area contributed by atoms with Gasteiger partial charge in [0.1, 0.15) is 6.04 Å². The molecule has 12 heteroatoms. The summed E-state index contributed by atoms with van der Waals surface area (Å²) in [5, 5.41) is 54.7. The van der Waals surface area contributed by atoms with E-state index in [1.165, 1.54) is 42.5 Å². The van der Waals surface area contributed by atoms with Gasteiger partial charge in [0.2, 0.25) is 0 Å². The van der Waals surface area contributed by atoms with Crippen LogP contribution in [0.3, 0.4) is 0 Å². The highest BCUT2D eigenvalue weighted by Gasteiger charge is 2.32. The highest BCUT2D eigenvalue weighted by atomic mass is 16.6. The third-order valence-electron chi connectivity index (χ3n) is 4.45. The number of nitrogens with zero attached hydrogens (tertiary/aromatic N) is 6. The van der Waals surface area contributed by atoms with Crippen LogP contribution >= 0.6 is 0 Å². The number of azo groups is 2. The van der Waals surface area contributed by atoms with Crippen molar-refractivity contribution in [2.45, 2.75) is 19.0 Å². The lowest BCUT2D eigenvalue weighted by molar-refractivity contribution is -0.384. The van der Waals surface area contributed by atoms with Gasteiger partial charge in [0.25, 0.3) is 11.4 Å². The summed E-state index contributed by atoms with van der Waals surface area (Å²) in [7, 11) is 0. The Morgan fingerprint density at radius 1 is 0.839 bits per heavy atom. The number of nitro groups is 2.